The fraction of sp³-hybridized carbons (Fsp3) is 0.120. The maximum absolute atomic E-state index is 13.4. The Morgan fingerprint density at radius 3 is 2.48 bits per heavy atom. The summed E-state index contributed by atoms with van der Waals surface area (Å²) in [5, 5.41) is 3.41. The van der Waals surface area contributed by atoms with Crippen molar-refractivity contribution in [3.63, 3.8) is 0 Å². The maximum atomic E-state index is 13.4. The lowest BCUT2D eigenvalue weighted by Gasteiger charge is -2.26. The van der Waals surface area contributed by atoms with Crippen LogP contribution < -0.4 is 5.32 Å². The molecule has 5 rings (SSSR count). The van der Waals surface area contributed by atoms with E-state index in [0.717, 1.165) is 16.8 Å². The maximum Gasteiger partial charge on any atom is 0.263 e. The van der Waals surface area contributed by atoms with Gasteiger partial charge in [-0.2, -0.15) is 0 Å². The number of carbonyl (C=O) groups excluding carboxylic acids is 2. The van der Waals surface area contributed by atoms with E-state index in [4.69, 9.17) is 21.6 Å². The molecule has 2 heterocycles. The van der Waals surface area contributed by atoms with Crippen LogP contribution >= 0.6 is 23.4 Å². The first-order chi connectivity index (χ1) is 16.0. The Labute approximate surface area is 200 Å². The average Bonchev–Trinajstić information content (AvgIpc) is 3.19. The van der Waals surface area contributed by atoms with Crippen LogP contribution in [0, 0.1) is 0 Å². The van der Waals surface area contributed by atoms with Gasteiger partial charge in [0.05, 0.1) is 10.9 Å². The minimum Gasteiger partial charge on any atom is -0.325 e. The van der Waals surface area contributed by atoms with Crippen LogP contribution in [0.25, 0.3) is 0 Å². The van der Waals surface area contributed by atoms with Gasteiger partial charge < -0.3 is 5.32 Å². The highest BCUT2D eigenvalue weighted by Gasteiger charge is 2.42. The molecule has 0 bridgehead atoms. The van der Waals surface area contributed by atoms with E-state index in [1.165, 1.54) is 16.7 Å². The van der Waals surface area contributed by atoms with Crippen LogP contribution in [0.2, 0.25) is 5.02 Å². The molecule has 3 aromatic rings. The Hall–Kier alpha value is -3.42. The minimum absolute atomic E-state index is 0.178. The number of hydrogen-bond acceptors (Lipinski definition) is 5. The van der Waals surface area contributed by atoms with Crippen molar-refractivity contribution in [3.8, 4) is 0 Å². The lowest BCUT2D eigenvalue weighted by atomic mass is 10.1. The summed E-state index contributed by atoms with van der Waals surface area (Å²) in [5.41, 5.74) is 2.99. The van der Waals surface area contributed by atoms with E-state index in [-0.39, 0.29) is 11.8 Å². The Kier molecular flexibility index (Phi) is 5.74. The molecule has 2 aliphatic heterocycles. The van der Waals surface area contributed by atoms with Gasteiger partial charge in [0.2, 0.25) is 5.91 Å². The normalized spacial score (nSPS) is 17.6. The molecule has 1 N–H and O–H groups in total. The quantitative estimate of drug-likeness (QED) is 0.547. The second kappa shape index (κ2) is 8.84. The van der Waals surface area contributed by atoms with E-state index in [2.05, 4.69) is 5.32 Å². The van der Waals surface area contributed by atoms with Crippen molar-refractivity contribution >= 4 is 57.6 Å². The predicted octanol–water partition coefficient (Wildman–Crippen LogP) is 5.43. The molecule has 0 saturated carbocycles. The van der Waals surface area contributed by atoms with Gasteiger partial charge in [-0.25, -0.2) is 14.9 Å². The number of para-hydroxylation sites is 1. The number of hydrogen-bond donors (Lipinski definition) is 1. The number of nitrogens with one attached hydrogen (secondary N) is 1. The SMILES string of the molecule is C[C@@H](SC1=Nc2ccccc2C2=N[C@H](c3ccccc3)C(=O)N12)C(=O)Nc1ccc(Cl)cc1. The Morgan fingerprint density at radius 1 is 1.03 bits per heavy atom. The summed E-state index contributed by atoms with van der Waals surface area (Å²) >= 11 is 7.15. The van der Waals surface area contributed by atoms with Gasteiger partial charge in [-0.15, -0.1) is 0 Å². The van der Waals surface area contributed by atoms with Crippen molar-refractivity contribution in [1.29, 1.82) is 0 Å². The third-order valence-corrected chi connectivity index (χ3v) is 6.65. The van der Waals surface area contributed by atoms with Crippen LogP contribution in [-0.2, 0) is 9.59 Å². The summed E-state index contributed by atoms with van der Waals surface area (Å²) < 4.78 is 0. The van der Waals surface area contributed by atoms with Crippen molar-refractivity contribution in [2.24, 2.45) is 9.98 Å². The summed E-state index contributed by atoms with van der Waals surface area (Å²) in [5.74, 6) is 0.183. The molecule has 164 valence electrons. The molecule has 3 aromatic carbocycles. The number of halogens is 1. The van der Waals surface area contributed by atoms with Crippen LogP contribution in [0.5, 0.6) is 0 Å². The number of nitrogens with zero attached hydrogens (tertiary/aromatic N) is 3. The number of fused-ring (bicyclic) bond motifs is 3. The molecule has 0 spiro atoms. The first kappa shape index (κ1) is 21.4. The molecule has 0 saturated heterocycles. The Balaban J connectivity index is 1.43. The monoisotopic (exact) mass is 474 g/mol. The molecule has 6 nitrogen and oxygen atoms in total. The minimum atomic E-state index is -0.642. The number of thioether (sulfide) groups is 1. The van der Waals surface area contributed by atoms with Gasteiger partial charge in [0, 0.05) is 16.3 Å². The standard InChI is InChI=1S/C25H19ClN4O2S/c1-15(23(31)27-18-13-11-17(26)12-14-18)33-25-28-20-10-6-5-9-19(20)22-29-21(24(32)30(22)25)16-7-3-2-4-8-16/h2-15,21H,1H3,(H,27,31)/t15-,21-/m1/s1. The molecule has 2 amide bonds. The summed E-state index contributed by atoms with van der Waals surface area (Å²) in [6, 6.07) is 23.3. The molecule has 2 aliphatic rings. The molecule has 2 atom stereocenters. The second-order valence-corrected chi connectivity index (χ2v) is 9.35. The molecule has 0 aromatic heterocycles. The number of amidine groups is 2. The molecule has 33 heavy (non-hydrogen) atoms. The summed E-state index contributed by atoms with van der Waals surface area (Å²) in [6.07, 6.45) is 0. The van der Waals surface area contributed by atoms with E-state index in [0.29, 0.717) is 21.7 Å². The van der Waals surface area contributed by atoms with Crippen molar-refractivity contribution in [2.75, 3.05) is 5.32 Å². The van der Waals surface area contributed by atoms with Crippen molar-refractivity contribution in [2.45, 2.75) is 18.2 Å². The van der Waals surface area contributed by atoms with Gasteiger partial charge in [-0.05, 0) is 48.9 Å². The molecule has 0 unspecified atom stereocenters. The molecule has 0 fully saturated rings. The first-order valence-corrected chi connectivity index (χ1v) is 11.6. The fourth-order valence-electron chi connectivity index (χ4n) is 3.67. The number of aliphatic imine (C=N–C) groups is 2. The molecule has 0 radical (unpaired) electrons. The van der Waals surface area contributed by atoms with Gasteiger partial charge in [-0.1, -0.05) is 65.8 Å². The van der Waals surface area contributed by atoms with Gasteiger partial charge in [0.15, 0.2) is 11.2 Å². The van der Waals surface area contributed by atoms with Crippen LogP contribution in [0.4, 0.5) is 11.4 Å². The van der Waals surface area contributed by atoms with E-state index in [9.17, 15) is 9.59 Å². The topological polar surface area (TPSA) is 74.1 Å². The third kappa shape index (κ3) is 4.17. The third-order valence-electron chi connectivity index (χ3n) is 5.35. The van der Waals surface area contributed by atoms with Gasteiger partial charge in [0.1, 0.15) is 5.84 Å². The lowest BCUT2D eigenvalue weighted by Crippen LogP contribution is -2.41. The van der Waals surface area contributed by atoms with Crippen molar-refractivity contribution < 1.29 is 9.59 Å². The summed E-state index contributed by atoms with van der Waals surface area (Å²) in [6.45, 7) is 1.78. The first-order valence-electron chi connectivity index (χ1n) is 10.4. The van der Waals surface area contributed by atoms with Crippen molar-refractivity contribution in [1.82, 2.24) is 4.90 Å². The molecular weight excluding hydrogens is 456 g/mol. The number of amides is 2. The zero-order valence-corrected chi connectivity index (χ0v) is 19.2. The number of carbonyl (C=O) groups is 2. The van der Waals surface area contributed by atoms with Crippen molar-refractivity contribution in [3.05, 3.63) is 95.0 Å². The Bertz CT molecular complexity index is 1290. The van der Waals surface area contributed by atoms with Crippen LogP contribution in [0.3, 0.4) is 0 Å². The zero-order chi connectivity index (χ0) is 22.9. The highest BCUT2D eigenvalue weighted by Crippen LogP contribution is 2.38. The molecule has 8 heteroatoms. The summed E-state index contributed by atoms with van der Waals surface area (Å²) in [4.78, 5) is 37.3. The van der Waals surface area contributed by atoms with Crippen LogP contribution in [-0.4, -0.2) is 33.0 Å². The second-order valence-electron chi connectivity index (χ2n) is 7.61. The highest BCUT2D eigenvalue weighted by atomic mass is 35.5. The number of rotatable bonds is 4. The predicted molar refractivity (Wildman–Crippen MR) is 133 cm³/mol. The largest absolute Gasteiger partial charge is 0.325 e. The highest BCUT2D eigenvalue weighted by molar-refractivity contribution is 8.15. The van der Waals surface area contributed by atoms with E-state index < -0.39 is 11.3 Å². The zero-order valence-electron chi connectivity index (χ0n) is 17.6. The van der Waals surface area contributed by atoms with E-state index in [1.54, 1.807) is 31.2 Å². The number of anilines is 1. The van der Waals surface area contributed by atoms with E-state index >= 15 is 0 Å². The number of benzene rings is 3. The van der Waals surface area contributed by atoms with Crippen LogP contribution in [0.15, 0.2) is 88.8 Å². The van der Waals surface area contributed by atoms with E-state index in [1.807, 2.05) is 54.6 Å². The lowest BCUT2D eigenvalue weighted by molar-refractivity contribution is -0.124. The Morgan fingerprint density at radius 2 is 1.73 bits per heavy atom. The molecule has 0 aliphatic carbocycles. The van der Waals surface area contributed by atoms with Gasteiger partial charge in [-0.3, -0.25) is 9.59 Å². The molecular formula is C25H19ClN4O2S. The van der Waals surface area contributed by atoms with Gasteiger partial charge >= 0.3 is 0 Å². The summed E-state index contributed by atoms with van der Waals surface area (Å²) in [7, 11) is 0. The average molecular weight is 475 g/mol. The smallest absolute Gasteiger partial charge is 0.263 e. The van der Waals surface area contributed by atoms with Crippen LogP contribution in [0.1, 0.15) is 24.1 Å². The fourth-order valence-corrected chi connectivity index (χ4v) is 4.71. The van der Waals surface area contributed by atoms with Gasteiger partial charge in [0.25, 0.3) is 5.91 Å².